The van der Waals surface area contributed by atoms with Crippen molar-refractivity contribution in [1.29, 1.82) is 0 Å². The van der Waals surface area contributed by atoms with Crippen LogP contribution in [-0.2, 0) is 19.6 Å². The number of sulfonamides is 1. The molecule has 0 aliphatic heterocycles. The number of para-hydroxylation sites is 1. The van der Waals surface area contributed by atoms with E-state index in [1.54, 1.807) is 67.6 Å². The van der Waals surface area contributed by atoms with Gasteiger partial charge in [-0.25, -0.2) is 12.7 Å². The third-order valence-corrected chi connectivity index (χ3v) is 6.64. The molecule has 1 unspecified atom stereocenters. The van der Waals surface area contributed by atoms with Gasteiger partial charge in [-0.2, -0.15) is 0 Å². The van der Waals surface area contributed by atoms with Crippen molar-refractivity contribution in [2.75, 3.05) is 9.62 Å². The molecular formula is C24H24N2O4S. The second-order valence-corrected chi connectivity index (χ2v) is 9.01. The van der Waals surface area contributed by atoms with E-state index in [1.807, 2.05) is 13.0 Å². The van der Waals surface area contributed by atoms with Crippen LogP contribution in [0, 0.1) is 6.92 Å². The minimum absolute atomic E-state index is 0.118. The van der Waals surface area contributed by atoms with Crippen LogP contribution in [-0.4, -0.2) is 20.2 Å². The molecule has 0 fully saturated rings. The summed E-state index contributed by atoms with van der Waals surface area (Å²) in [6.45, 7) is 4.85. The molecule has 0 aromatic heterocycles. The molecule has 6 nitrogen and oxygen atoms in total. The third kappa shape index (κ3) is 4.83. The van der Waals surface area contributed by atoms with Gasteiger partial charge < -0.3 is 5.32 Å². The predicted octanol–water partition coefficient (Wildman–Crippen LogP) is 4.48. The summed E-state index contributed by atoms with van der Waals surface area (Å²) in [5.41, 5.74) is 1.99. The van der Waals surface area contributed by atoms with Crippen LogP contribution in [0.2, 0.25) is 0 Å². The molecule has 3 rings (SSSR count). The zero-order valence-electron chi connectivity index (χ0n) is 17.6. The van der Waals surface area contributed by atoms with Gasteiger partial charge in [0.15, 0.2) is 0 Å². The average Bonchev–Trinajstić information content (AvgIpc) is 2.75. The first-order valence-electron chi connectivity index (χ1n) is 9.79. The number of nitrogens with zero attached hydrogens (tertiary/aromatic N) is 1. The van der Waals surface area contributed by atoms with Crippen molar-refractivity contribution in [2.24, 2.45) is 0 Å². The number of aryl methyl sites for hydroxylation is 1. The zero-order valence-corrected chi connectivity index (χ0v) is 18.4. The van der Waals surface area contributed by atoms with Crippen LogP contribution in [0.15, 0.2) is 83.8 Å². The zero-order chi connectivity index (χ0) is 22.6. The highest BCUT2D eigenvalue weighted by Crippen LogP contribution is 2.32. The van der Waals surface area contributed by atoms with Gasteiger partial charge >= 0.3 is 0 Å². The number of anilines is 2. The molecule has 0 heterocycles. The Kier molecular flexibility index (Phi) is 6.56. The maximum absolute atomic E-state index is 13.8. The Morgan fingerprint density at radius 1 is 0.871 bits per heavy atom. The molecule has 0 spiro atoms. The van der Waals surface area contributed by atoms with E-state index < -0.39 is 27.8 Å². The second kappa shape index (κ2) is 9.14. The summed E-state index contributed by atoms with van der Waals surface area (Å²) >= 11 is 0. The number of amides is 2. The van der Waals surface area contributed by atoms with E-state index in [2.05, 4.69) is 5.32 Å². The van der Waals surface area contributed by atoms with Crippen molar-refractivity contribution in [3.8, 4) is 0 Å². The Balaban J connectivity index is 2.16. The fourth-order valence-electron chi connectivity index (χ4n) is 3.21. The molecule has 0 bridgehead atoms. The molecular weight excluding hydrogens is 412 g/mol. The SMILES string of the molecule is CC(=O)Nc1ccccc1S(=O)(=O)N(C(=O)C(C)c1ccccc1)c1ccc(C)cc1. The number of rotatable bonds is 6. The van der Waals surface area contributed by atoms with Crippen molar-refractivity contribution >= 4 is 33.2 Å². The van der Waals surface area contributed by atoms with E-state index in [4.69, 9.17) is 0 Å². The Bertz CT molecular complexity index is 1190. The topological polar surface area (TPSA) is 83.6 Å². The van der Waals surface area contributed by atoms with Gasteiger partial charge in [0.05, 0.1) is 17.3 Å². The van der Waals surface area contributed by atoms with Crippen molar-refractivity contribution in [2.45, 2.75) is 31.6 Å². The summed E-state index contributed by atoms with van der Waals surface area (Å²) in [7, 11) is -4.33. The van der Waals surface area contributed by atoms with E-state index in [0.717, 1.165) is 9.87 Å². The van der Waals surface area contributed by atoms with Gasteiger partial charge in [-0.1, -0.05) is 60.2 Å². The number of benzene rings is 3. The average molecular weight is 437 g/mol. The van der Waals surface area contributed by atoms with Gasteiger partial charge in [0.2, 0.25) is 11.8 Å². The molecule has 0 aliphatic rings. The molecule has 160 valence electrons. The second-order valence-electron chi connectivity index (χ2n) is 7.25. The lowest BCUT2D eigenvalue weighted by Crippen LogP contribution is -2.40. The van der Waals surface area contributed by atoms with Crippen molar-refractivity contribution in [1.82, 2.24) is 0 Å². The van der Waals surface area contributed by atoms with Crippen molar-refractivity contribution < 1.29 is 18.0 Å². The van der Waals surface area contributed by atoms with Gasteiger partial charge in [0.1, 0.15) is 4.90 Å². The summed E-state index contributed by atoms with van der Waals surface area (Å²) < 4.78 is 28.3. The minimum atomic E-state index is -4.33. The lowest BCUT2D eigenvalue weighted by Gasteiger charge is -2.26. The van der Waals surface area contributed by atoms with E-state index in [-0.39, 0.29) is 16.3 Å². The number of nitrogens with one attached hydrogen (secondary N) is 1. The highest BCUT2D eigenvalue weighted by molar-refractivity contribution is 7.93. The van der Waals surface area contributed by atoms with E-state index in [1.165, 1.54) is 19.1 Å². The first kappa shape index (κ1) is 22.2. The quantitative estimate of drug-likeness (QED) is 0.618. The monoisotopic (exact) mass is 436 g/mol. The molecule has 0 saturated carbocycles. The summed E-state index contributed by atoms with van der Waals surface area (Å²) in [6.07, 6.45) is 0. The maximum atomic E-state index is 13.8. The molecule has 31 heavy (non-hydrogen) atoms. The Hall–Kier alpha value is -3.45. The highest BCUT2D eigenvalue weighted by Gasteiger charge is 2.35. The van der Waals surface area contributed by atoms with Crippen LogP contribution in [0.1, 0.15) is 30.9 Å². The smallest absolute Gasteiger partial charge is 0.272 e. The van der Waals surface area contributed by atoms with Gasteiger partial charge in [-0.15, -0.1) is 0 Å². The standard InChI is InChI=1S/C24H24N2O4S/c1-17-13-15-21(16-14-17)26(24(28)18(2)20-9-5-4-6-10-20)31(29,30)23-12-8-7-11-22(23)25-19(3)27/h4-16,18H,1-3H3,(H,25,27). The lowest BCUT2D eigenvalue weighted by atomic mass is 10.0. The molecule has 0 aliphatic carbocycles. The number of hydrogen-bond donors (Lipinski definition) is 1. The summed E-state index contributed by atoms with van der Waals surface area (Å²) in [4.78, 5) is 25.0. The van der Waals surface area contributed by atoms with Crippen molar-refractivity contribution in [3.63, 3.8) is 0 Å². The van der Waals surface area contributed by atoms with Crippen molar-refractivity contribution in [3.05, 3.63) is 90.0 Å². The Morgan fingerprint density at radius 2 is 1.45 bits per heavy atom. The molecule has 1 atom stereocenters. The van der Waals surface area contributed by atoms with E-state index >= 15 is 0 Å². The van der Waals surface area contributed by atoms with Crippen LogP contribution in [0.3, 0.4) is 0 Å². The fourth-order valence-corrected chi connectivity index (χ4v) is 4.85. The summed E-state index contributed by atoms with van der Waals surface area (Å²) in [6, 6.07) is 21.7. The molecule has 2 amide bonds. The molecule has 0 saturated heterocycles. The van der Waals surface area contributed by atoms with Crippen LogP contribution < -0.4 is 9.62 Å². The van der Waals surface area contributed by atoms with Crippen LogP contribution in [0.5, 0.6) is 0 Å². The number of carbonyl (C=O) groups excluding carboxylic acids is 2. The van der Waals surface area contributed by atoms with Gasteiger partial charge in [0, 0.05) is 6.92 Å². The molecule has 7 heteroatoms. The summed E-state index contributed by atoms with van der Waals surface area (Å²) in [5.74, 6) is -1.70. The number of hydrogen-bond acceptors (Lipinski definition) is 4. The van der Waals surface area contributed by atoms with Crippen LogP contribution >= 0.6 is 0 Å². The van der Waals surface area contributed by atoms with E-state index in [0.29, 0.717) is 5.56 Å². The highest BCUT2D eigenvalue weighted by atomic mass is 32.2. The van der Waals surface area contributed by atoms with Gasteiger partial charge in [-0.05, 0) is 43.7 Å². The molecule has 1 N–H and O–H groups in total. The van der Waals surface area contributed by atoms with Crippen LogP contribution in [0.25, 0.3) is 0 Å². The molecule has 3 aromatic rings. The lowest BCUT2D eigenvalue weighted by molar-refractivity contribution is -0.118. The fraction of sp³-hybridized carbons (Fsp3) is 0.167. The normalized spacial score (nSPS) is 12.1. The largest absolute Gasteiger partial charge is 0.325 e. The molecule has 3 aromatic carbocycles. The van der Waals surface area contributed by atoms with E-state index in [9.17, 15) is 18.0 Å². The van der Waals surface area contributed by atoms with Gasteiger partial charge in [-0.3, -0.25) is 9.59 Å². The predicted molar refractivity (Wildman–Crippen MR) is 121 cm³/mol. The van der Waals surface area contributed by atoms with Gasteiger partial charge in [0.25, 0.3) is 10.0 Å². The number of carbonyl (C=O) groups is 2. The first-order chi connectivity index (χ1) is 14.7. The summed E-state index contributed by atoms with van der Waals surface area (Å²) in [5, 5.41) is 2.54. The Morgan fingerprint density at radius 3 is 2.06 bits per heavy atom. The maximum Gasteiger partial charge on any atom is 0.272 e. The third-order valence-electron chi connectivity index (χ3n) is 4.85. The minimum Gasteiger partial charge on any atom is -0.325 e. The first-order valence-corrected chi connectivity index (χ1v) is 11.2. The molecule has 0 radical (unpaired) electrons. The van der Waals surface area contributed by atoms with Crippen LogP contribution in [0.4, 0.5) is 11.4 Å². The Labute approximate surface area is 182 Å².